The molecule has 4 aromatic rings. The highest BCUT2D eigenvalue weighted by Crippen LogP contribution is 2.44. The van der Waals surface area contributed by atoms with Gasteiger partial charge in [0.25, 0.3) is 5.78 Å². The third-order valence-electron chi connectivity index (χ3n) is 6.93. The van der Waals surface area contributed by atoms with Crippen molar-refractivity contribution in [1.82, 2.24) is 14.4 Å². The number of ether oxygens (including phenoxy) is 2. The van der Waals surface area contributed by atoms with Crippen molar-refractivity contribution in [1.29, 1.82) is 0 Å². The number of hydrogen-bond acceptors (Lipinski definition) is 9. The number of unbranched alkanes of at least 4 members (excludes halogenated alkanes) is 2. The van der Waals surface area contributed by atoms with E-state index in [1.54, 1.807) is 60.8 Å². The highest BCUT2D eigenvalue weighted by molar-refractivity contribution is 7.17. The summed E-state index contributed by atoms with van der Waals surface area (Å²) < 4.78 is 12.5. The van der Waals surface area contributed by atoms with Crippen molar-refractivity contribution in [2.24, 2.45) is 0 Å². The van der Waals surface area contributed by atoms with Gasteiger partial charge in [0.05, 0.1) is 36.7 Å². The second-order valence-electron chi connectivity index (χ2n) is 9.67. The quantitative estimate of drug-likeness (QED) is 0.0928. The zero-order valence-corrected chi connectivity index (χ0v) is 24.0. The molecule has 1 fully saturated rings. The van der Waals surface area contributed by atoms with Crippen LogP contribution in [0.25, 0.3) is 11.4 Å². The molecule has 1 aromatic carbocycles. The smallest absolute Gasteiger partial charge is 0.350 e. The van der Waals surface area contributed by atoms with E-state index >= 15 is 0 Å². The fourth-order valence-corrected chi connectivity index (χ4v) is 5.97. The highest BCUT2D eigenvalue weighted by atomic mass is 32.1. The van der Waals surface area contributed by atoms with Gasteiger partial charge in [-0.2, -0.15) is 0 Å². The number of anilines is 1. The number of methoxy groups -OCH3 is 1. The van der Waals surface area contributed by atoms with Crippen LogP contribution in [-0.4, -0.2) is 50.9 Å². The minimum Gasteiger partial charge on any atom is -0.505 e. The van der Waals surface area contributed by atoms with Gasteiger partial charge in [0.1, 0.15) is 22.0 Å². The van der Waals surface area contributed by atoms with Gasteiger partial charge < -0.3 is 14.6 Å². The first kappa shape index (κ1) is 28.0. The monoisotopic (exact) mass is 574 g/mol. The average molecular weight is 575 g/mol. The lowest BCUT2D eigenvalue weighted by molar-refractivity contribution is -0.132. The first-order chi connectivity index (χ1) is 19.8. The van der Waals surface area contributed by atoms with Gasteiger partial charge in [-0.3, -0.25) is 18.9 Å². The summed E-state index contributed by atoms with van der Waals surface area (Å²) in [5, 5.41) is 11.9. The number of carbonyl (C=O) groups excluding carboxylic acids is 3. The van der Waals surface area contributed by atoms with Gasteiger partial charge in [-0.25, -0.2) is 14.8 Å². The number of aliphatic hydroxyl groups is 1. The van der Waals surface area contributed by atoms with E-state index < -0.39 is 23.7 Å². The molecule has 0 aliphatic carbocycles. The molecule has 212 valence electrons. The predicted octanol–water partition coefficient (Wildman–Crippen LogP) is 5.39. The summed E-state index contributed by atoms with van der Waals surface area (Å²) in [5.41, 5.74) is 2.17. The topological polar surface area (TPSA) is 123 Å². The SMILES string of the molecule is CCCCCOc1cccc(C2/C(=C(\O)c3c(C)nc4ccccn34)C(=O)C(=O)N2c2nc(C)c(C(=O)OC)s2)c1. The van der Waals surface area contributed by atoms with Gasteiger partial charge in [-0.1, -0.05) is 49.3 Å². The predicted molar refractivity (Wildman–Crippen MR) is 154 cm³/mol. The number of Topliss-reactive ketones (excluding diaryl/α,β-unsaturated/α-hetero) is 1. The highest BCUT2D eigenvalue weighted by Gasteiger charge is 2.49. The second-order valence-corrected chi connectivity index (χ2v) is 10.7. The van der Waals surface area contributed by atoms with Gasteiger partial charge in [0.15, 0.2) is 10.9 Å². The number of ketones is 1. The Morgan fingerprint density at radius 3 is 2.63 bits per heavy atom. The largest absolute Gasteiger partial charge is 0.505 e. The lowest BCUT2D eigenvalue weighted by Crippen LogP contribution is -2.29. The molecule has 41 heavy (non-hydrogen) atoms. The molecule has 1 aliphatic heterocycles. The maximum Gasteiger partial charge on any atom is 0.350 e. The number of carbonyl (C=O) groups is 3. The van der Waals surface area contributed by atoms with E-state index in [0.717, 1.165) is 30.6 Å². The Bertz CT molecular complexity index is 1690. The van der Waals surface area contributed by atoms with Crippen LogP contribution in [0.3, 0.4) is 0 Å². The number of aliphatic hydroxyl groups excluding tert-OH is 1. The number of hydrogen-bond donors (Lipinski definition) is 1. The Morgan fingerprint density at radius 1 is 1.07 bits per heavy atom. The van der Waals surface area contributed by atoms with Crippen molar-refractivity contribution < 1.29 is 29.0 Å². The second kappa shape index (κ2) is 11.5. The molecule has 1 saturated heterocycles. The molecule has 5 rings (SSSR count). The number of pyridine rings is 1. The number of thiazole rings is 1. The Kier molecular flexibility index (Phi) is 7.89. The minimum atomic E-state index is -1.04. The number of aryl methyl sites for hydroxylation is 2. The molecular formula is C30H30N4O6S. The summed E-state index contributed by atoms with van der Waals surface area (Å²) in [5.74, 6) is -2.13. The van der Waals surface area contributed by atoms with Crippen LogP contribution in [-0.2, 0) is 14.3 Å². The van der Waals surface area contributed by atoms with E-state index in [1.807, 2.05) is 6.07 Å². The molecule has 1 N–H and O–H groups in total. The molecule has 10 nitrogen and oxygen atoms in total. The summed E-state index contributed by atoms with van der Waals surface area (Å²) in [4.78, 5) is 50.1. The number of amides is 1. The summed E-state index contributed by atoms with van der Waals surface area (Å²) in [6, 6.07) is 11.4. The van der Waals surface area contributed by atoms with E-state index in [0.29, 0.717) is 40.6 Å². The summed E-state index contributed by atoms with van der Waals surface area (Å²) in [6.07, 6.45) is 4.71. The molecule has 3 aromatic heterocycles. The van der Waals surface area contributed by atoms with Gasteiger partial charge in [-0.05, 0) is 50.1 Å². The molecule has 0 bridgehead atoms. The van der Waals surface area contributed by atoms with E-state index in [-0.39, 0.29) is 21.3 Å². The summed E-state index contributed by atoms with van der Waals surface area (Å²) >= 11 is 0.948. The van der Waals surface area contributed by atoms with Gasteiger partial charge in [-0.15, -0.1) is 0 Å². The van der Waals surface area contributed by atoms with E-state index in [1.165, 1.54) is 12.0 Å². The fraction of sp³-hybridized carbons (Fsp3) is 0.300. The number of fused-ring (bicyclic) bond motifs is 1. The molecule has 1 unspecified atom stereocenters. The van der Waals surface area contributed by atoms with Gasteiger partial charge in [0.2, 0.25) is 0 Å². The first-order valence-electron chi connectivity index (χ1n) is 13.3. The maximum absolute atomic E-state index is 13.7. The third-order valence-corrected chi connectivity index (χ3v) is 8.06. The maximum atomic E-state index is 13.7. The van der Waals surface area contributed by atoms with Crippen LogP contribution in [0.1, 0.15) is 64.5 Å². The average Bonchev–Trinajstić information content (AvgIpc) is 3.60. The molecule has 0 saturated carbocycles. The molecule has 1 amide bonds. The fourth-order valence-electron chi connectivity index (χ4n) is 4.96. The molecule has 0 radical (unpaired) electrons. The lowest BCUT2D eigenvalue weighted by atomic mass is 9.96. The summed E-state index contributed by atoms with van der Waals surface area (Å²) in [6.45, 7) is 5.99. The van der Waals surface area contributed by atoms with Crippen molar-refractivity contribution in [3.8, 4) is 5.75 Å². The van der Waals surface area contributed by atoms with Crippen molar-refractivity contribution in [3.63, 3.8) is 0 Å². The van der Waals surface area contributed by atoms with Crippen LogP contribution in [0, 0.1) is 13.8 Å². The Morgan fingerprint density at radius 2 is 1.88 bits per heavy atom. The molecular weight excluding hydrogens is 544 g/mol. The Hall–Kier alpha value is -4.51. The van der Waals surface area contributed by atoms with Crippen molar-refractivity contribution in [3.05, 3.63) is 81.8 Å². The van der Waals surface area contributed by atoms with Gasteiger partial charge in [0, 0.05) is 6.20 Å². The van der Waals surface area contributed by atoms with Crippen LogP contribution < -0.4 is 9.64 Å². The van der Waals surface area contributed by atoms with Gasteiger partial charge >= 0.3 is 11.9 Å². The molecule has 11 heteroatoms. The molecule has 0 spiro atoms. The standard InChI is InChI=1S/C30H30N4O6S/c1-5-6-9-15-40-20-12-10-11-19(16-20)24-22(25(35)23-17(2)31-21-13-7-8-14-33(21)23)26(36)28(37)34(24)30-32-18(3)27(41-30)29(38)39-4/h7-8,10-14,16,24,35H,5-6,9,15H2,1-4H3/b25-22+. The summed E-state index contributed by atoms with van der Waals surface area (Å²) in [7, 11) is 1.26. The van der Waals surface area contributed by atoms with Crippen LogP contribution in [0.2, 0.25) is 0 Å². The normalized spacial score (nSPS) is 16.5. The van der Waals surface area contributed by atoms with Crippen LogP contribution in [0.5, 0.6) is 5.75 Å². The number of benzene rings is 1. The Labute approximate surface area is 240 Å². The number of imidazole rings is 1. The number of aromatic nitrogens is 3. The number of rotatable bonds is 9. The van der Waals surface area contributed by atoms with Crippen LogP contribution >= 0.6 is 11.3 Å². The number of nitrogens with zero attached hydrogens (tertiary/aromatic N) is 4. The number of esters is 1. The molecule has 4 heterocycles. The third kappa shape index (κ3) is 5.08. The van der Waals surface area contributed by atoms with E-state index in [9.17, 15) is 19.5 Å². The van der Waals surface area contributed by atoms with Crippen LogP contribution in [0.15, 0.2) is 54.2 Å². The minimum absolute atomic E-state index is 0.112. The van der Waals surface area contributed by atoms with Crippen molar-refractivity contribution in [2.45, 2.75) is 46.1 Å². The molecule has 1 aliphatic rings. The van der Waals surface area contributed by atoms with E-state index in [2.05, 4.69) is 16.9 Å². The lowest BCUT2D eigenvalue weighted by Gasteiger charge is -2.23. The Balaban J connectivity index is 1.69. The van der Waals surface area contributed by atoms with E-state index in [4.69, 9.17) is 9.47 Å². The van der Waals surface area contributed by atoms with Crippen molar-refractivity contribution >= 4 is 45.5 Å². The zero-order valence-electron chi connectivity index (χ0n) is 23.2. The first-order valence-corrected chi connectivity index (χ1v) is 14.1. The molecule has 1 atom stereocenters. The van der Waals surface area contributed by atoms with Crippen molar-refractivity contribution in [2.75, 3.05) is 18.6 Å². The van der Waals surface area contributed by atoms with Crippen LogP contribution in [0.4, 0.5) is 5.13 Å². The zero-order chi connectivity index (χ0) is 29.3.